The Kier molecular flexibility index (Phi) is 5.75. The van der Waals surface area contributed by atoms with Crippen LogP contribution in [0.3, 0.4) is 0 Å². The van der Waals surface area contributed by atoms with Crippen molar-refractivity contribution in [1.82, 2.24) is 4.90 Å². The molecule has 0 aliphatic carbocycles. The van der Waals surface area contributed by atoms with Crippen LogP contribution in [0.2, 0.25) is 0 Å². The van der Waals surface area contributed by atoms with Gasteiger partial charge in [-0.1, -0.05) is 72.8 Å². The lowest BCUT2D eigenvalue weighted by atomic mass is 10.1. The average Bonchev–Trinajstić information content (AvgIpc) is 2.63. The molecule has 0 bridgehead atoms. The van der Waals surface area contributed by atoms with Crippen LogP contribution in [-0.4, -0.2) is 11.4 Å². The predicted molar refractivity (Wildman–Crippen MR) is 97.1 cm³/mol. The van der Waals surface area contributed by atoms with Gasteiger partial charge in [-0.15, -0.1) is 0 Å². The molecule has 0 radical (unpaired) electrons. The van der Waals surface area contributed by atoms with Crippen LogP contribution in [0.5, 0.6) is 0 Å². The van der Waals surface area contributed by atoms with Crippen LogP contribution >= 0.6 is 0 Å². The molecule has 0 aliphatic heterocycles. The normalized spacial score (nSPS) is 10.9. The highest BCUT2D eigenvalue weighted by molar-refractivity contribution is 5.19. The van der Waals surface area contributed by atoms with Crippen molar-refractivity contribution in [3.05, 3.63) is 107 Å². The van der Waals surface area contributed by atoms with Crippen LogP contribution in [0.15, 0.2) is 84.9 Å². The van der Waals surface area contributed by atoms with Gasteiger partial charge in [0.2, 0.25) is 0 Å². The van der Waals surface area contributed by atoms with E-state index in [-0.39, 0.29) is 5.82 Å². The van der Waals surface area contributed by atoms with Crippen LogP contribution in [0.4, 0.5) is 4.39 Å². The quantitative estimate of drug-likeness (QED) is 0.587. The fraction of sp³-hybridized carbons (Fsp3) is 0.182. The van der Waals surface area contributed by atoms with E-state index in [2.05, 4.69) is 53.4 Å². The molecule has 3 aromatic rings. The first-order chi connectivity index (χ1) is 11.8. The molecule has 0 fully saturated rings. The molecule has 0 spiro atoms. The largest absolute Gasteiger partial charge is 0.295 e. The van der Waals surface area contributed by atoms with Crippen molar-refractivity contribution >= 4 is 0 Å². The van der Waals surface area contributed by atoms with Gasteiger partial charge in [-0.3, -0.25) is 4.90 Å². The summed E-state index contributed by atoms with van der Waals surface area (Å²) in [6, 6.07) is 27.8. The van der Waals surface area contributed by atoms with Crippen LogP contribution in [0, 0.1) is 5.82 Å². The molecule has 0 saturated carbocycles. The Hall–Kier alpha value is -2.45. The number of rotatable bonds is 7. The average molecular weight is 319 g/mol. The van der Waals surface area contributed by atoms with Gasteiger partial charge in [-0.05, 0) is 35.2 Å². The topological polar surface area (TPSA) is 3.24 Å². The highest BCUT2D eigenvalue weighted by atomic mass is 19.1. The van der Waals surface area contributed by atoms with E-state index in [1.165, 1.54) is 23.3 Å². The van der Waals surface area contributed by atoms with E-state index in [0.29, 0.717) is 0 Å². The highest BCUT2D eigenvalue weighted by Gasteiger charge is 2.08. The Bertz CT molecular complexity index is 723. The molecular weight excluding hydrogens is 297 g/mol. The van der Waals surface area contributed by atoms with Crippen molar-refractivity contribution in [2.24, 2.45) is 0 Å². The molecule has 0 saturated heterocycles. The van der Waals surface area contributed by atoms with Gasteiger partial charge < -0.3 is 0 Å². The molecule has 0 atom stereocenters. The van der Waals surface area contributed by atoms with Gasteiger partial charge in [-0.25, -0.2) is 4.39 Å². The van der Waals surface area contributed by atoms with Gasteiger partial charge in [0.05, 0.1) is 0 Å². The Morgan fingerprint density at radius 2 is 1.08 bits per heavy atom. The second-order valence-corrected chi connectivity index (χ2v) is 6.06. The van der Waals surface area contributed by atoms with E-state index >= 15 is 0 Å². The van der Waals surface area contributed by atoms with Gasteiger partial charge in [0.15, 0.2) is 0 Å². The fourth-order valence-electron chi connectivity index (χ4n) is 2.84. The summed E-state index contributed by atoms with van der Waals surface area (Å²) in [5.74, 6) is -0.183. The SMILES string of the molecule is Fc1ccc(CN(CCc2ccccc2)Cc2ccccc2)cc1. The lowest BCUT2D eigenvalue weighted by Gasteiger charge is -2.23. The second kappa shape index (κ2) is 8.42. The minimum Gasteiger partial charge on any atom is -0.295 e. The number of halogens is 1. The minimum absolute atomic E-state index is 0.183. The van der Waals surface area contributed by atoms with Gasteiger partial charge in [0, 0.05) is 19.6 Å². The third-order valence-electron chi connectivity index (χ3n) is 4.13. The van der Waals surface area contributed by atoms with Crippen LogP contribution in [0.25, 0.3) is 0 Å². The first kappa shape index (κ1) is 16.4. The molecule has 122 valence electrons. The molecule has 3 rings (SSSR count). The summed E-state index contributed by atoms with van der Waals surface area (Å²) in [6.07, 6.45) is 1.01. The number of hydrogen-bond acceptors (Lipinski definition) is 1. The maximum absolute atomic E-state index is 13.1. The molecule has 0 heterocycles. The Labute approximate surface area is 143 Å². The van der Waals surface area contributed by atoms with Crippen molar-refractivity contribution in [2.45, 2.75) is 19.5 Å². The van der Waals surface area contributed by atoms with Gasteiger partial charge in [-0.2, -0.15) is 0 Å². The van der Waals surface area contributed by atoms with Crippen LogP contribution in [-0.2, 0) is 19.5 Å². The van der Waals surface area contributed by atoms with Gasteiger partial charge in [0.25, 0.3) is 0 Å². The first-order valence-electron chi connectivity index (χ1n) is 8.34. The van der Waals surface area contributed by atoms with Crippen molar-refractivity contribution in [1.29, 1.82) is 0 Å². The predicted octanol–water partition coefficient (Wildman–Crippen LogP) is 5.07. The standard InChI is InChI=1S/C22H22FN/c23-22-13-11-21(12-14-22)18-24(17-20-9-5-2-6-10-20)16-15-19-7-3-1-4-8-19/h1-14H,15-18H2. The molecule has 2 heteroatoms. The summed E-state index contributed by atoms with van der Waals surface area (Å²) in [6.45, 7) is 2.68. The second-order valence-electron chi connectivity index (χ2n) is 6.06. The summed E-state index contributed by atoms with van der Waals surface area (Å²) in [4.78, 5) is 2.41. The molecule has 0 amide bonds. The van der Waals surface area contributed by atoms with Crippen LogP contribution < -0.4 is 0 Å². The van der Waals surface area contributed by atoms with Crippen LogP contribution in [0.1, 0.15) is 16.7 Å². The summed E-state index contributed by atoms with van der Waals surface area (Å²) in [5, 5.41) is 0. The number of hydrogen-bond donors (Lipinski definition) is 0. The Morgan fingerprint density at radius 1 is 0.583 bits per heavy atom. The zero-order chi connectivity index (χ0) is 16.6. The van der Waals surface area contributed by atoms with E-state index in [0.717, 1.165) is 31.6 Å². The molecule has 0 aliphatic rings. The number of nitrogens with zero attached hydrogens (tertiary/aromatic N) is 1. The zero-order valence-electron chi connectivity index (χ0n) is 13.7. The molecular formula is C22H22FN. The van der Waals surface area contributed by atoms with E-state index in [9.17, 15) is 4.39 Å². The smallest absolute Gasteiger partial charge is 0.123 e. The molecule has 24 heavy (non-hydrogen) atoms. The third-order valence-corrected chi connectivity index (χ3v) is 4.13. The maximum Gasteiger partial charge on any atom is 0.123 e. The lowest BCUT2D eigenvalue weighted by molar-refractivity contribution is 0.260. The fourth-order valence-corrected chi connectivity index (χ4v) is 2.84. The van der Waals surface area contributed by atoms with E-state index in [4.69, 9.17) is 0 Å². The van der Waals surface area contributed by atoms with Crippen molar-refractivity contribution < 1.29 is 4.39 Å². The number of benzene rings is 3. The summed E-state index contributed by atoms with van der Waals surface area (Å²) >= 11 is 0. The van der Waals surface area contributed by atoms with E-state index in [1.54, 1.807) is 0 Å². The Morgan fingerprint density at radius 3 is 1.67 bits per heavy atom. The molecule has 0 aromatic heterocycles. The lowest BCUT2D eigenvalue weighted by Crippen LogP contribution is -2.25. The first-order valence-corrected chi connectivity index (χ1v) is 8.34. The summed E-state index contributed by atoms with van der Waals surface area (Å²) in [5.41, 5.74) is 3.78. The van der Waals surface area contributed by atoms with E-state index in [1.807, 2.05) is 24.3 Å². The molecule has 0 unspecified atom stereocenters. The van der Waals surface area contributed by atoms with E-state index < -0.39 is 0 Å². The monoisotopic (exact) mass is 319 g/mol. The van der Waals surface area contributed by atoms with Crippen molar-refractivity contribution in [3.8, 4) is 0 Å². The highest BCUT2D eigenvalue weighted by Crippen LogP contribution is 2.12. The minimum atomic E-state index is -0.183. The van der Waals surface area contributed by atoms with Crippen molar-refractivity contribution in [2.75, 3.05) is 6.54 Å². The van der Waals surface area contributed by atoms with Gasteiger partial charge >= 0.3 is 0 Å². The Balaban J connectivity index is 1.68. The molecule has 3 aromatic carbocycles. The maximum atomic E-state index is 13.1. The zero-order valence-corrected chi connectivity index (χ0v) is 13.7. The molecule has 1 nitrogen and oxygen atoms in total. The molecule has 0 N–H and O–H groups in total. The summed E-state index contributed by atoms with van der Waals surface area (Å²) in [7, 11) is 0. The third kappa shape index (κ3) is 5.04. The van der Waals surface area contributed by atoms with Crippen molar-refractivity contribution in [3.63, 3.8) is 0 Å². The summed E-state index contributed by atoms with van der Waals surface area (Å²) < 4.78 is 13.1. The van der Waals surface area contributed by atoms with Gasteiger partial charge in [0.1, 0.15) is 5.82 Å².